The molecular weight excluding hydrogens is 237 g/mol. The highest BCUT2D eigenvalue weighted by molar-refractivity contribution is 5.74. The first-order valence-electron chi connectivity index (χ1n) is 5.63. The Morgan fingerprint density at radius 3 is 2.71 bits per heavy atom. The number of nitrogens with zero attached hydrogens (tertiary/aromatic N) is 1. The normalized spacial score (nSPS) is 20.4. The van der Waals surface area contributed by atoms with E-state index in [0.29, 0.717) is 19.7 Å². The summed E-state index contributed by atoms with van der Waals surface area (Å²) >= 11 is 0. The molecule has 1 rings (SSSR count). The molecule has 1 N–H and O–H groups in total. The molecule has 1 saturated heterocycles. The highest BCUT2D eigenvalue weighted by Gasteiger charge is 2.29. The van der Waals surface area contributed by atoms with Crippen LogP contribution in [0.5, 0.6) is 0 Å². The van der Waals surface area contributed by atoms with Gasteiger partial charge >= 0.3 is 12.2 Å². The molecular formula is C10H17F3N2O2. The molecule has 0 aromatic heterocycles. The van der Waals surface area contributed by atoms with E-state index in [-0.39, 0.29) is 6.10 Å². The molecule has 0 radical (unpaired) electrons. The molecule has 0 aliphatic carbocycles. The predicted molar refractivity (Wildman–Crippen MR) is 55.7 cm³/mol. The smallest absolute Gasteiger partial charge is 0.376 e. The largest absolute Gasteiger partial charge is 0.405 e. The maximum atomic E-state index is 11.9. The summed E-state index contributed by atoms with van der Waals surface area (Å²) in [5, 5.41) is 1.85. The molecule has 1 aliphatic heterocycles. The molecule has 1 unspecified atom stereocenters. The number of hydrogen-bond acceptors (Lipinski definition) is 2. The van der Waals surface area contributed by atoms with Crippen molar-refractivity contribution < 1.29 is 22.7 Å². The SMILES string of the molecule is CCN(CC1CCCO1)C(=O)NCC(F)(F)F. The number of alkyl halides is 3. The number of nitrogens with one attached hydrogen (secondary N) is 1. The highest BCUT2D eigenvalue weighted by Crippen LogP contribution is 2.14. The summed E-state index contributed by atoms with van der Waals surface area (Å²) in [6, 6.07) is -0.694. The Labute approximate surface area is 98.1 Å². The Morgan fingerprint density at radius 1 is 1.53 bits per heavy atom. The molecule has 4 nitrogen and oxygen atoms in total. The Kier molecular flexibility index (Phi) is 5.04. The first kappa shape index (κ1) is 14.1. The van der Waals surface area contributed by atoms with Crippen LogP contribution in [0.15, 0.2) is 0 Å². The van der Waals surface area contributed by atoms with Crippen LogP contribution >= 0.6 is 0 Å². The Hall–Kier alpha value is -0.980. The molecule has 100 valence electrons. The van der Waals surface area contributed by atoms with E-state index >= 15 is 0 Å². The van der Waals surface area contributed by atoms with Crippen LogP contribution in [0, 0.1) is 0 Å². The maximum absolute atomic E-state index is 11.9. The van der Waals surface area contributed by atoms with Crippen molar-refractivity contribution in [1.82, 2.24) is 10.2 Å². The third kappa shape index (κ3) is 5.25. The van der Waals surface area contributed by atoms with E-state index in [0.717, 1.165) is 12.8 Å². The first-order valence-corrected chi connectivity index (χ1v) is 5.63. The van der Waals surface area contributed by atoms with Crippen LogP contribution in [0.25, 0.3) is 0 Å². The van der Waals surface area contributed by atoms with E-state index in [1.807, 2.05) is 5.32 Å². The van der Waals surface area contributed by atoms with E-state index in [1.54, 1.807) is 6.92 Å². The highest BCUT2D eigenvalue weighted by atomic mass is 19.4. The molecule has 0 saturated carbocycles. The van der Waals surface area contributed by atoms with Crippen LogP contribution in [-0.2, 0) is 4.74 Å². The van der Waals surface area contributed by atoms with E-state index < -0.39 is 18.8 Å². The summed E-state index contributed by atoms with van der Waals surface area (Å²) in [6.07, 6.45) is -2.64. The minimum absolute atomic E-state index is 0.0495. The Bertz CT molecular complexity index is 252. The van der Waals surface area contributed by atoms with Crippen LogP contribution in [0.4, 0.5) is 18.0 Å². The van der Waals surface area contributed by atoms with E-state index in [1.165, 1.54) is 4.90 Å². The van der Waals surface area contributed by atoms with Crippen molar-refractivity contribution in [3.8, 4) is 0 Å². The Balaban J connectivity index is 2.35. The molecule has 0 aromatic carbocycles. The second-order valence-electron chi connectivity index (χ2n) is 3.95. The van der Waals surface area contributed by atoms with Gasteiger partial charge in [0.2, 0.25) is 0 Å². The van der Waals surface area contributed by atoms with E-state index in [9.17, 15) is 18.0 Å². The molecule has 0 aromatic rings. The summed E-state index contributed by atoms with van der Waals surface area (Å²) in [4.78, 5) is 12.8. The average molecular weight is 254 g/mol. The van der Waals surface area contributed by atoms with Gasteiger partial charge in [0.1, 0.15) is 6.54 Å². The fourth-order valence-corrected chi connectivity index (χ4v) is 1.68. The number of likely N-dealkylation sites (N-methyl/N-ethyl adjacent to an activating group) is 1. The number of hydrogen-bond donors (Lipinski definition) is 1. The van der Waals surface area contributed by atoms with E-state index in [2.05, 4.69) is 0 Å². The fourth-order valence-electron chi connectivity index (χ4n) is 1.68. The lowest BCUT2D eigenvalue weighted by Crippen LogP contribution is -2.46. The van der Waals surface area contributed by atoms with Crippen molar-refractivity contribution in [3.63, 3.8) is 0 Å². The van der Waals surface area contributed by atoms with Crippen molar-refractivity contribution in [2.75, 3.05) is 26.2 Å². The summed E-state index contributed by atoms with van der Waals surface area (Å²) in [5.74, 6) is 0. The van der Waals surface area contributed by atoms with Crippen molar-refractivity contribution >= 4 is 6.03 Å². The Morgan fingerprint density at radius 2 is 2.24 bits per heavy atom. The van der Waals surface area contributed by atoms with Crippen molar-refractivity contribution in [2.24, 2.45) is 0 Å². The molecule has 0 spiro atoms. The number of carbonyl (C=O) groups excluding carboxylic acids is 1. The molecule has 1 atom stereocenters. The average Bonchev–Trinajstić information content (AvgIpc) is 2.74. The number of halogens is 3. The molecule has 17 heavy (non-hydrogen) atoms. The van der Waals surface area contributed by atoms with Gasteiger partial charge in [-0.1, -0.05) is 0 Å². The van der Waals surface area contributed by atoms with Crippen LogP contribution in [-0.4, -0.2) is 49.5 Å². The van der Waals surface area contributed by atoms with Gasteiger partial charge in [-0.3, -0.25) is 0 Å². The second-order valence-corrected chi connectivity index (χ2v) is 3.95. The summed E-state index contributed by atoms with van der Waals surface area (Å²) in [5.41, 5.74) is 0. The molecule has 2 amide bonds. The summed E-state index contributed by atoms with van der Waals surface area (Å²) in [7, 11) is 0. The van der Waals surface area contributed by atoms with Crippen molar-refractivity contribution in [1.29, 1.82) is 0 Å². The van der Waals surface area contributed by atoms with Crippen LogP contribution in [0.1, 0.15) is 19.8 Å². The second kappa shape index (κ2) is 6.09. The summed E-state index contributed by atoms with van der Waals surface area (Å²) < 4.78 is 41.1. The minimum atomic E-state index is -4.38. The van der Waals surface area contributed by atoms with Gasteiger partial charge in [-0.05, 0) is 19.8 Å². The predicted octanol–water partition coefficient (Wildman–Crippen LogP) is 1.76. The van der Waals surface area contributed by atoms with Crippen LogP contribution in [0.2, 0.25) is 0 Å². The maximum Gasteiger partial charge on any atom is 0.405 e. The van der Waals surface area contributed by atoms with Gasteiger partial charge in [0.05, 0.1) is 6.10 Å². The van der Waals surface area contributed by atoms with Gasteiger partial charge in [-0.2, -0.15) is 13.2 Å². The lowest BCUT2D eigenvalue weighted by Gasteiger charge is -2.24. The third-order valence-electron chi connectivity index (χ3n) is 2.56. The fraction of sp³-hybridized carbons (Fsp3) is 0.900. The monoisotopic (exact) mass is 254 g/mol. The molecule has 7 heteroatoms. The van der Waals surface area contributed by atoms with Gasteiger partial charge in [0.25, 0.3) is 0 Å². The van der Waals surface area contributed by atoms with Gasteiger partial charge in [-0.25, -0.2) is 4.79 Å². The van der Waals surface area contributed by atoms with Crippen molar-refractivity contribution in [3.05, 3.63) is 0 Å². The molecule has 1 heterocycles. The number of rotatable bonds is 4. The molecule has 1 fully saturated rings. The zero-order valence-electron chi connectivity index (χ0n) is 9.72. The lowest BCUT2D eigenvalue weighted by atomic mass is 10.2. The standard InChI is InChI=1S/C10H17F3N2O2/c1-2-15(6-8-4-3-5-17-8)9(16)14-7-10(11,12)13/h8H,2-7H2,1H3,(H,14,16). The number of urea groups is 1. The first-order chi connectivity index (χ1) is 7.92. The molecule has 1 aliphatic rings. The van der Waals surface area contributed by atoms with Gasteiger partial charge < -0.3 is 15.0 Å². The number of amides is 2. The third-order valence-corrected chi connectivity index (χ3v) is 2.56. The zero-order valence-corrected chi connectivity index (χ0v) is 9.72. The number of carbonyl (C=O) groups is 1. The number of ether oxygens (including phenoxy) is 1. The van der Waals surface area contributed by atoms with E-state index in [4.69, 9.17) is 4.74 Å². The zero-order chi connectivity index (χ0) is 12.9. The quantitative estimate of drug-likeness (QED) is 0.830. The molecule has 0 bridgehead atoms. The van der Waals surface area contributed by atoms with Crippen LogP contribution < -0.4 is 5.32 Å². The van der Waals surface area contributed by atoms with Crippen LogP contribution in [0.3, 0.4) is 0 Å². The van der Waals surface area contributed by atoms with Crippen molar-refractivity contribution in [2.45, 2.75) is 32.0 Å². The topological polar surface area (TPSA) is 41.6 Å². The minimum Gasteiger partial charge on any atom is -0.376 e. The van der Waals surface area contributed by atoms with Gasteiger partial charge in [-0.15, -0.1) is 0 Å². The van der Waals surface area contributed by atoms with Gasteiger partial charge in [0.15, 0.2) is 0 Å². The summed E-state index contributed by atoms with van der Waals surface area (Å²) in [6.45, 7) is 1.80. The van der Waals surface area contributed by atoms with Gasteiger partial charge in [0, 0.05) is 19.7 Å². The lowest BCUT2D eigenvalue weighted by molar-refractivity contribution is -0.123.